The minimum atomic E-state index is -0.499. The first-order chi connectivity index (χ1) is 9.50. The Morgan fingerprint density at radius 1 is 1.30 bits per heavy atom. The molecular formula is C13H20N4O3. The van der Waals surface area contributed by atoms with Gasteiger partial charge in [-0.2, -0.15) is 0 Å². The number of unbranched alkanes of at least 4 members (excludes halogenated alkanes) is 2. The van der Waals surface area contributed by atoms with Gasteiger partial charge in [0.2, 0.25) is 5.91 Å². The maximum absolute atomic E-state index is 10.6. The number of carbonyl (C=O) groups is 1. The number of nitrogens with zero attached hydrogens (tertiary/aromatic N) is 1. The second kappa shape index (κ2) is 7.98. The van der Waals surface area contributed by atoms with Crippen molar-refractivity contribution in [2.75, 3.05) is 24.1 Å². The van der Waals surface area contributed by atoms with Crippen molar-refractivity contribution in [1.29, 1.82) is 0 Å². The Kier molecular flexibility index (Phi) is 6.28. The molecule has 0 bridgehead atoms. The molecule has 0 saturated heterocycles. The number of nitrogens with two attached hydrogens (primary N) is 1. The molecular weight excluding hydrogens is 260 g/mol. The Balaban J connectivity index is 2.24. The Hall–Kier alpha value is -2.31. The number of nitro benzene ring substituents is 1. The van der Waals surface area contributed by atoms with Crippen LogP contribution in [0, 0.1) is 10.1 Å². The van der Waals surface area contributed by atoms with Crippen LogP contribution in [-0.4, -0.2) is 23.9 Å². The zero-order valence-corrected chi connectivity index (χ0v) is 11.5. The predicted molar refractivity (Wildman–Crippen MR) is 78.5 cm³/mol. The Morgan fingerprint density at radius 3 is 2.60 bits per heavy atom. The van der Waals surface area contributed by atoms with Gasteiger partial charge in [-0.3, -0.25) is 14.9 Å². The molecule has 4 N–H and O–H groups in total. The molecule has 1 amide bonds. The van der Waals surface area contributed by atoms with E-state index < -0.39 is 4.92 Å². The molecule has 1 aromatic rings. The molecule has 0 spiro atoms. The van der Waals surface area contributed by atoms with Gasteiger partial charge in [0, 0.05) is 31.8 Å². The zero-order chi connectivity index (χ0) is 15.0. The predicted octanol–water partition coefficient (Wildman–Crippen LogP) is 1.90. The first-order valence-electron chi connectivity index (χ1n) is 6.53. The third kappa shape index (κ3) is 5.55. The summed E-state index contributed by atoms with van der Waals surface area (Å²) in [7, 11) is 0. The molecule has 0 fully saturated rings. The lowest BCUT2D eigenvalue weighted by atomic mass is 10.2. The van der Waals surface area contributed by atoms with Gasteiger partial charge in [-0.25, -0.2) is 0 Å². The summed E-state index contributed by atoms with van der Waals surface area (Å²) >= 11 is 0. The fourth-order valence-corrected chi connectivity index (χ4v) is 1.75. The number of nitrogen functional groups attached to an aromatic ring is 1. The van der Waals surface area contributed by atoms with E-state index in [9.17, 15) is 14.9 Å². The summed E-state index contributed by atoms with van der Waals surface area (Å²) in [6.07, 6.45) is 2.88. The molecule has 7 nitrogen and oxygen atoms in total. The van der Waals surface area contributed by atoms with Gasteiger partial charge < -0.3 is 16.4 Å². The highest BCUT2D eigenvalue weighted by Crippen LogP contribution is 2.24. The van der Waals surface area contributed by atoms with Crippen LogP contribution >= 0.6 is 0 Å². The van der Waals surface area contributed by atoms with Gasteiger partial charge in [0.05, 0.1) is 4.92 Å². The van der Waals surface area contributed by atoms with Crippen LogP contribution in [0.2, 0.25) is 0 Å². The molecule has 0 unspecified atom stereocenters. The number of hydrogen-bond donors (Lipinski definition) is 3. The van der Waals surface area contributed by atoms with Gasteiger partial charge in [0.15, 0.2) is 0 Å². The molecule has 110 valence electrons. The molecule has 1 aromatic carbocycles. The molecule has 1 rings (SSSR count). The maximum Gasteiger partial charge on any atom is 0.292 e. The second-order valence-electron chi connectivity index (χ2n) is 4.50. The largest absolute Gasteiger partial charge is 0.393 e. The van der Waals surface area contributed by atoms with Crippen molar-refractivity contribution in [3.05, 3.63) is 28.3 Å². The monoisotopic (exact) mass is 280 g/mol. The lowest BCUT2D eigenvalue weighted by Crippen LogP contribution is -2.20. The van der Waals surface area contributed by atoms with Crippen LogP contribution in [-0.2, 0) is 4.79 Å². The van der Waals surface area contributed by atoms with Gasteiger partial charge in [-0.1, -0.05) is 0 Å². The first-order valence-corrected chi connectivity index (χ1v) is 6.53. The van der Waals surface area contributed by atoms with Crippen LogP contribution in [0.25, 0.3) is 0 Å². The fourth-order valence-electron chi connectivity index (χ4n) is 1.75. The third-order valence-corrected chi connectivity index (χ3v) is 2.78. The van der Waals surface area contributed by atoms with E-state index >= 15 is 0 Å². The minimum Gasteiger partial charge on any atom is -0.393 e. The van der Waals surface area contributed by atoms with Crippen molar-refractivity contribution < 1.29 is 9.72 Å². The minimum absolute atomic E-state index is 0.00974. The number of rotatable bonds is 8. The SMILES string of the molecule is CC(=O)NCCCCCNc1ccc([N+](=O)[O-])c(N)c1. The van der Waals surface area contributed by atoms with E-state index in [2.05, 4.69) is 10.6 Å². The summed E-state index contributed by atoms with van der Waals surface area (Å²) in [5.41, 5.74) is 6.45. The van der Waals surface area contributed by atoms with Crippen LogP contribution < -0.4 is 16.4 Å². The Bertz CT molecular complexity index is 477. The molecule has 0 radical (unpaired) electrons. The van der Waals surface area contributed by atoms with E-state index in [4.69, 9.17) is 5.73 Å². The molecule has 0 aliphatic rings. The highest BCUT2D eigenvalue weighted by atomic mass is 16.6. The molecule has 7 heteroatoms. The fraction of sp³-hybridized carbons (Fsp3) is 0.462. The number of nitrogens with one attached hydrogen (secondary N) is 2. The molecule has 0 aromatic heterocycles. The topological polar surface area (TPSA) is 110 Å². The van der Waals surface area contributed by atoms with Gasteiger partial charge in [-0.15, -0.1) is 0 Å². The van der Waals surface area contributed by atoms with Crippen LogP contribution in [0.4, 0.5) is 17.1 Å². The van der Waals surface area contributed by atoms with E-state index in [1.54, 1.807) is 12.1 Å². The van der Waals surface area contributed by atoms with Crippen LogP contribution in [0.3, 0.4) is 0 Å². The number of carbonyl (C=O) groups excluding carboxylic acids is 1. The van der Waals surface area contributed by atoms with Crippen molar-refractivity contribution in [1.82, 2.24) is 5.32 Å². The number of anilines is 2. The van der Waals surface area contributed by atoms with Crippen molar-refractivity contribution in [2.45, 2.75) is 26.2 Å². The van der Waals surface area contributed by atoms with Crippen molar-refractivity contribution in [3.63, 3.8) is 0 Å². The molecule has 0 heterocycles. The van der Waals surface area contributed by atoms with Crippen molar-refractivity contribution >= 4 is 23.0 Å². The molecule has 0 saturated carbocycles. The van der Waals surface area contributed by atoms with Gasteiger partial charge in [0.1, 0.15) is 5.69 Å². The summed E-state index contributed by atoms with van der Waals surface area (Å²) < 4.78 is 0. The molecule has 0 aliphatic heterocycles. The van der Waals surface area contributed by atoms with Gasteiger partial charge >= 0.3 is 0 Å². The third-order valence-electron chi connectivity index (χ3n) is 2.78. The first kappa shape index (κ1) is 15.7. The average Bonchev–Trinajstić information content (AvgIpc) is 2.37. The molecule has 0 atom stereocenters. The van der Waals surface area contributed by atoms with Crippen LogP contribution in [0.1, 0.15) is 26.2 Å². The summed E-state index contributed by atoms with van der Waals surface area (Å²) in [4.78, 5) is 20.8. The smallest absolute Gasteiger partial charge is 0.292 e. The molecule has 0 aliphatic carbocycles. The van der Waals surface area contributed by atoms with Crippen molar-refractivity contribution in [3.8, 4) is 0 Å². The van der Waals surface area contributed by atoms with Crippen molar-refractivity contribution in [2.24, 2.45) is 0 Å². The Morgan fingerprint density at radius 2 is 2.00 bits per heavy atom. The normalized spacial score (nSPS) is 10.1. The number of hydrogen-bond acceptors (Lipinski definition) is 5. The highest BCUT2D eigenvalue weighted by Gasteiger charge is 2.10. The Labute approximate surface area is 117 Å². The molecule has 20 heavy (non-hydrogen) atoms. The summed E-state index contributed by atoms with van der Waals surface area (Å²) in [6.45, 7) is 2.96. The zero-order valence-electron chi connectivity index (χ0n) is 11.5. The average molecular weight is 280 g/mol. The summed E-state index contributed by atoms with van der Waals surface area (Å²) in [6, 6.07) is 4.61. The van der Waals surface area contributed by atoms with E-state index in [1.165, 1.54) is 13.0 Å². The van der Waals surface area contributed by atoms with E-state index in [0.717, 1.165) is 31.5 Å². The maximum atomic E-state index is 10.6. The number of amides is 1. The summed E-state index contributed by atoms with van der Waals surface area (Å²) in [5.74, 6) is -0.00974. The van der Waals surface area contributed by atoms with E-state index in [0.29, 0.717) is 6.54 Å². The standard InChI is InChI=1S/C13H20N4O3/c1-10(18)15-7-3-2-4-8-16-11-5-6-13(17(19)20)12(14)9-11/h5-6,9,16H,2-4,7-8,14H2,1H3,(H,15,18). The van der Waals surface area contributed by atoms with Crippen LogP contribution in [0.15, 0.2) is 18.2 Å². The second-order valence-corrected chi connectivity index (χ2v) is 4.50. The van der Waals surface area contributed by atoms with Gasteiger partial charge in [-0.05, 0) is 31.4 Å². The van der Waals surface area contributed by atoms with Crippen LogP contribution in [0.5, 0.6) is 0 Å². The highest BCUT2D eigenvalue weighted by molar-refractivity contribution is 5.72. The summed E-state index contributed by atoms with van der Waals surface area (Å²) in [5, 5.41) is 16.5. The van der Waals surface area contributed by atoms with E-state index in [-0.39, 0.29) is 17.3 Å². The number of nitro groups is 1. The lowest BCUT2D eigenvalue weighted by molar-refractivity contribution is -0.383. The quantitative estimate of drug-likeness (QED) is 0.291. The van der Waals surface area contributed by atoms with E-state index in [1.807, 2.05) is 0 Å². The van der Waals surface area contributed by atoms with Gasteiger partial charge in [0.25, 0.3) is 5.69 Å². The lowest BCUT2D eigenvalue weighted by Gasteiger charge is -2.07. The number of benzene rings is 1.